The van der Waals surface area contributed by atoms with Gasteiger partial charge in [0.05, 0.1) is 15.2 Å². The van der Waals surface area contributed by atoms with E-state index >= 15 is 0 Å². The first-order valence-electron chi connectivity index (χ1n) is 8.26. The number of sulfonamides is 1. The molecular weight excluding hydrogens is 414 g/mol. The van der Waals surface area contributed by atoms with Gasteiger partial charge in [0.15, 0.2) is 0 Å². The summed E-state index contributed by atoms with van der Waals surface area (Å²) in [4.78, 5) is 17.0. The van der Waals surface area contributed by atoms with Crippen LogP contribution in [-0.2, 0) is 10.0 Å². The van der Waals surface area contributed by atoms with Gasteiger partial charge in [-0.1, -0.05) is 12.1 Å². The van der Waals surface area contributed by atoms with Crippen molar-refractivity contribution < 1.29 is 13.2 Å². The molecule has 6 nitrogen and oxygen atoms in total. The Labute approximate surface area is 169 Å². The number of fused-ring (bicyclic) bond motifs is 1. The highest BCUT2D eigenvalue weighted by Gasteiger charge is 2.16. The van der Waals surface area contributed by atoms with Crippen LogP contribution in [0.4, 0.5) is 11.4 Å². The first kappa shape index (κ1) is 18.6. The molecule has 0 radical (unpaired) electrons. The topological polar surface area (TPSA) is 88.2 Å². The smallest absolute Gasteiger partial charge is 0.271 e. The van der Waals surface area contributed by atoms with Gasteiger partial charge in [0, 0.05) is 16.9 Å². The summed E-state index contributed by atoms with van der Waals surface area (Å²) < 4.78 is 28.4. The zero-order valence-electron chi connectivity index (χ0n) is 14.7. The second-order valence-corrected chi connectivity index (χ2v) is 10.1. The molecule has 28 heavy (non-hydrogen) atoms. The number of aromatic nitrogens is 1. The zero-order chi connectivity index (χ0) is 19.7. The number of nitrogens with zero attached hydrogens (tertiary/aromatic N) is 1. The number of carbonyl (C=O) groups is 1. The molecule has 0 bridgehead atoms. The number of hydrogen-bond acceptors (Lipinski definition) is 6. The number of hydrogen-bond donors (Lipinski definition) is 2. The largest absolute Gasteiger partial charge is 0.322 e. The van der Waals surface area contributed by atoms with E-state index in [1.54, 1.807) is 47.0 Å². The van der Waals surface area contributed by atoms with Crippen LogP contribution < -0.4 is 10.0 Å². The van der Waals surface area contributed by atoms with Crippen molar-refractivity contribution in [3.8, 4) is 0 Å². The van der Waals surface area contributed by atoms with Gasteiger partial charge in [0.2, 0.25) is 0 Å². The molecule has 0 aliphatic carbocycles. The van der Waals surface area contributed by atoms with Crippen molar-refractivity contribution in [1.82, 2.24) is 4.98 Å². The van der Waals surface area contributed by atoms with Crippen molar-refractivity contribution >= 4 is 60.2 Å². The SMILES string of the molecule is Cc1nc2ccc(NC(=O)c3cccc(NS(=O)(=O)c4cccs4)c3)cc2s1. The summed E-state index contributed by atoms with van der Waals surface area (Å²) in [6.07, 6.45) is 0. The third-order valence-corrected chi connectivity index (χ3v) is 7.60. The molecule has 2 aromatic heterocycles. The average Bonchev–Trinajstić information content (AvgIpc) is 3.30. The Bertz CT molecular complexity index is 1260. The van der Waals surface area contributed by atoms with Crippen LogP contribution in [-0.4, -0.2) is 19.3 Å². The lowest BCUT2D eigenvalue weighted by atomic mass is 10.2. The number of aryl methyl sites for hydroxylation is 1. The summed E-state index contributed by atoms with van der Waals surface area (Å²) in [5, 5.41) is 5.50. The molecule has 0 fully saturated rings. The summed E-state index contributed by atoms with van der Waals surface area (Å²) in [7, 11) is -3.66. The summed E-state index contributed by atoms with van der Waals surface area (Å²) in [6, 6.07) is 15.1. The summed E-state index contributed by atoms with van der Waals surface area (Å²) in [5.74, 6) is -0.322. The predicted octanol–water partition coefficient (Wildman–Crippen LogP) is 4.72. The summed E-state index contributed by atoms with van der Waals surface area (Å²) in [5.41, 5.74) is 2.23. The van der Waals surface area contributed by atoms with E-state index in [0.29, 0.717) is 16.9 Å². The predicted molar refractivity (Wildman–Crippen MR) is 114 cm³/mol. The van der Waals surface area contributed by atoms with E-state index in [1.165, 1.54) is 12.1 Å². The van der Waals surface area contributed by atoms with Gasteiger partial charge < -0.3 is 5.32 Å². The number of nitrogens with one attached hydrogen (secondary N) is 2. The normalized spacial score (nSPS) is 11.5. The maximum atomic E-state index is 12.6. The maximum absolute atomic E-state index is 12.6. The monoisotopic (exact) mass is 429 g/mol. The highest BCUT2D eigenvalue weighted by Crippen LogP contribution is 2.25. The molecule has 2 heterocycles. The molecule has 9 heteroatoms. The molecule has 4 rings (SSSR count). The minimum absolute atomic E-state index is 0.218. The Balaban J connectivity index is 1.53. The van der Waals surface area contributed by atoms with E-state index in [-0.39, 0.29) is 10.1 Å². The lowest BCUT2D eigenvalue weighted by Crippen LogP contribution is -2.14. The highest BCUT2D eigenvalue weighted by molar-refractivity contribution is 7.94. The fraction of sp³-hybridized carbons (Fsp3) is 0.0526. The van der Waals surface area contributed by atoms with Crippen LogP contribution in [0.5, 0.6) is 0 Å². The first-order chi connectivity index (χ1) is 13.4. The Kier molecular flexibility index (Phi) is 4.88. The molecule has 0 atom stereocenters. The number of thiazole rings is 1. The first-order valence-corrected chi connectivity index (χ1v) is 11.4. The third kappa shape index (κ3) is 3.91. The van der Waals surface area contributed by atoms with Crippen LogP contribution in [0.25, 0.3) is 10.2 Å². The zero-order valence-corrected chi connectivity index (χ0v) is 17.1. The Morgan fingerprint density at radius 2 is 1.89 bits per heavy atom. The number of rotatable bonds is 5. The van der Waals surface area contributed by atoms with E-state index in [9.17, 15) is 13.2 Å². The second-order valence-electron chi connectivity index (χ2n) is 5.99. The Morgan fingerprint density at radius 3 is 2.68 bits per heavy atom. The molecule has 0 unspecified atom stereocenters. The number of amides is 1. The second kappa shape index (κ2) is 7.34. The number of anilines is 2. The lowest BCUT2D eigenvalue weighted by Gasteiger charge is -2.09. The van der Waals surface area contributed by atoms with E-state index in [1.807, 2.05) is 19.1 Å². The fourth-order valence-electron chi connectivity index (χ4n) is 2.67. The summed E-state index contributed by atoms with van der Waals surface area (Å²) >= 11 is 2.69. The molecule has 0 aliphatic heterocycles. The molecule has 2 aromatic carbocycles. The lowest BCUT2D eigenvalue weighted by molar-refractivity contribution is 0.102. The number of benzene rings is 2. The standard InChI is InChI=1S/C19H15N3O3S3/c1-12-20-16-8-7-14(11-17(16)27-12)21-19(23)13-4-2-5-15(10-13)22-28(24,25)18-6-3-9-26-18/h2-11,22H,1H3,(H,21,23). The van der Waals surface area contributed by atoms with Crippen molar-refractivity contribution in [2.24, 2.45) is 0 Å². The molecule has 2 N–H and O–H groups in total. The molecule has 0 saturated heterocycles. The number of carbonyl (C=O) groups excluding carboxylic acids is 1. The quantitative estimate of drug-likeness (QED) is 0.480. The minimum atomic E-state index is -3.66. The molecule has 4 aromatic rings. The van der Waals surface area contributed by atoms with Crippen molar-refractivity contribution in [2.45, 2.75) is 11.1 Å². The van der Waals surface area contributed by atoms with Crippen LogP contribution >= 0.6 is 22.7 Å². The molecule has 0 spiro atoms. The molecule has 0 aliphatic rings. The van der Waals surface area contributed by atoms with Crippen molar-refractivity contribution in [3.63, 3.8) is 0 Å². The van der Waals surface area contributed by atoms with Gasteiger partial charge in [-0.2, -0.15) is 0 Å². The van der Waals surface area contributed by atoms with Gasteiger partial charge in [-0.05, 0) is 54.8 Å². The van der Waals surface area contributed by atoms with Gasteiger partial charge in [-0.15, -0.1) is 22.7 Å². The van der Waals surface area contributed by atoms with Gasteiger partial charge in [-0.25, -0.2) is 13.4 Å². The molecule has 0 saturated carbocycles. The molecule has 1 amide bonds. The minimum Gasteiger partial charge on any atom is -0.322 e. The van der Waals surface area contributed by atoms with E-state index in [0.717, 1.165) is 26.6 Å². The fourth-order valence-corrected chi connectivity index (χ4v) is 5.58. The van der Waals surface area contributed by atoms with Gasteiger partial charge in [0.1, 0.15) is 4.21 Å². The van der Waals surface area contributed by atoms with Crippen LogP contribution in [0.3, 0.4) is 0 Å². The van der Waals surface area contributed by atoms with E-state index in [2.05, 4.69) is 15.0 Å². The van der Waals surface area contributed by atoms with Gasteiger partial charge in [-0.3, -0.25) is 9.52 Å². The Morgan fingerprint density at radius 1 is 1.04 bits per heavy atom. The van der Waals surface area contributed by atoms with Crippen LogP contribution in [0.2, 0.25) is 0 Å². The maximum Gasteiger partial charge on any atom is 0.271 e. The Hall–Kier alpha value is -2.75. The molecule has 142 valence electrons. The van der Waals surface area contributed by atoms with Crippen LogP contribution in [0, 0.1) is 6.92 Å². The van der Waals surface area contributed by atoms with Crippen molar-refractivity contribution in [3.05, 3.63) is 70.5 Å². The van der Waals surface area contributed by atoms with Crippen molar-refractivity contribution in [1.29, 1.82) is 0 Å². The third-order valence-electron chi connectivity index (χ3n) is 3.89. The highest BCUT2D eigenvalue weighted by atomic mass is 32.2. The summed E-state index contributed by atoms with van der Waals surface area (Å²) in [6.45, 7) is 1.94. The van der Waals surface area contributed by atoms with Gasteiger partial charge >= 0.3 is 0 Å². The molecular formula is C19H15N3O3S3. The average molecular weight is 430 g/mol. The van der Waals surface area contributed by atoms with Gasteiger partial charge in [0.25, 0.3) is 15.9 Å². The number of thiophene rings is 1. The van der Waals surface area contributed by atoms with E-state index < -0.39 is 10.0 Å². The van der Waals surface area contributed by atoms with Crippen molar-refractivity contribution in [2.75, 3.05) is 10.0 Å². The van der Waals surface area contributed by atoms with E-state index in [4.69, 9.17) is 0 Å². The van der Waals surface area contributed by atoms with Crippen LogP contribution in [0.15, 0.2) is 64.2 Å². The van der Waals surface area contributed by atoms with Crippen LogP contribution in [0.1, 0.15) is 15.4 Å².